The SMILES string of the molecule is Cc1cccc(C)c1-n1nnnc1SCC(=O)NC(c1ccccc1)C(C)C. The molecule has 2 aromatic carbocycles. The first kappa shape index (κ1) is 20.1. The van der Waals surface area contributed by atoms with Gasteiger partial charge in [-0.15, -0.1) is 5.10 Å². The summed E-state index contributed by atoms with van der Waals surface area (Å²) in [7, 11) is 0. The van der Waals surface area contributed by atoms with Crippen molar-refractivity contribution in [1.29, 1.82) is 0 Å². The van der Waals surface area contributed by atoms with Gasteiger partial charge < -0.3 is 5.32 Å². The Hall–Kier alpha value is -2.67. The summed E-state index contributed by atoms with van der Waals surface area (Å²) in [5.41, 5.74) is 4.24. The van der Waals surface area contributed by atoms with E-state index in [0.717, 1.165) is 22.4 Å². The first-order valence-corrected chi connectivity index (χ1v) is 10.3. The van der Waals surface area contributed by atoms with Gasteiger partial charge in [0, 0.05) is 0 Å². The number of amides is 1. The molecule has 0 saturated heterocycles. The number of nitrogens with one attached hydrogen (secondary N) is 1. The lowest BCUT2D eigenvalue weighted by Gasteiger charge is -2.22. The van der Waals surface area contributed by atoms with E-state index in [1.165, 1.54) is 11.8 Å². The molecule has 28 heavy (non-hydrogen) atoms. The maximum absolute atomic E-state index is 12.6. The van der Waals surface area contributed by atoms with Gasteiger partial charge in [-0.3, -0.25) is 4.79 Å². The van der Waals surface area contributed by atoms with Crippen LogP contribution in [0.5, 0.6) is 0 Å². The molecule has 0 aliphatic rings. The second-order valence-corrected chi connectivity index (χ2v) is 8.04. The van der Waals surface area contributed by atoms with Crippen molar-refractivity contribution in [2.24, 2.45) is 5.92 Å². The highest BCUT2D eigenvalue weighted by molar-refractivity contribution is 7.99. The summed E-state index contributed by atoms with van der Waals surface area (Å²) in [5.74, 6) is 0.501. The first-order chi connectivity index (χ1) is 13.5. The minimum Gasteiger partial charge on any atom is -0.348 e. The van der Waals surface area contributed by atoms with Crippen LogP contribution in [-0.4, -0.2) is 31.9 Å². The second-order valence-electron chi connectivity index (χ2n) is 7.10. The van der Waals surface area contributed by atoms with Gasteiger partial charge in [0.2, 0.25) is 11.1 Å². The van der Waals surface area contributed by atoms with E-state index in [1.807, 2.05) is 62.4 Å². The molecule has 1 heterocycles. The molecule has 0 saturated carbocycles. The first-order valence-electron chi connectivity index (χ1n) is 9.29. The van der Waals surface area contributed by atoms with Crippen molar-refractivity contribution in [3.05, 3.63) is 65.2 Å². The van der Waals surface area contributed by atoms with Crippen LogP contribution in [0, 0.1) is 19.8 Å². The van der Waals surface area contributed by atoms with E-state index >= 15 is 0 Å². The third-order valence-electron chi connectivity index (χ3n) is 4.57. The van der Waals surface area contributed by atoms with Crippen LogP contribution < -0.4 is 5.32 Å². The summed E-state index contributed by atoms with van der Waals surface area (Å²) in [4.78, 5) is 12.6. The molecule has 6 nitrogen and oxygen atoms in total. The summed E-state index contributed by atoms with van der Waals surface area (Å²) < 4.78 is 1.71. The van der Waals surface area contributed by atoms with E-state index < -0.39 is 0 Å². The van der Waals surface area contributed by atoms with Crippen molar-refractivity contribution in [2.75, 3.05) is 5.75 Å². The van der Waals surface area contributed by atoms with Gasteiger partial charge in [-0.2, -0.15) is 4.68 Å². The Morgan fingerprint density at radius 1 is 1.07 bits per heavy atom. The lowest BCUT2D eigenvalue weighted by Crippen LogP contribution is -2.33. The lowest BCUT2D eigenvalue weighted by molar-refractivity contribution is -0.119. The number of nitrogens with zero attached hydrogens (tertiary/aromatic N) is 4. The maximum atomic E-state index is 12.6. The topological polar surface area (TPSA) is 72.7 Å². The van der Waals surface area contributed by atoms with Gasteiger partial charge in [-0.1, -0.05) is 74.1 Å². The lowest BCUT2D eigenvalue weighted by atomic mass is 9.96. The second kappa shape index (κ2) is 9.01. The predicted octanol–water partition coefficient (Wildman–Crippen LogP) is 3.88. The number of carbonyl (C=O) groups excluding carboxylic acids is 1. The van der Waals surface area contributed by atoms with Crippen molar-refractivity contribution in [3.63, 3.8) is 0 Å². The zero-order valence-electron chi connectivity index (χ0n) is 16.6. The van der Waals surface area contributed by atoms with Crippen LogP contribution in [0.4, 0.5) is 0 Å². The Morgan fingerprint density at radius 2 is 1.75 bits per heavy atom. The number of carbonyl (C=O) groups is 1. The molecule has 1 N–H and O–H groups in total. The molecule has 0 aliphatic heterocycles. The van der Waals surface area contributed by atoms with Crippen LogP contribution in [0.15, 0.2) is 53.7 Å². The van der Waals surface area contributed by atoms with E-state index in [9.17, 15) is 4.79 Å². The Kier molecular flexibility index (Phi) is 6.46. The van der Waals surface area contributed by atoms with Crippen LogP contribution in [0.2, 0.25) is 0 Å². The number of benzene rings is 2. The number of hydrogen-bond donors (Lipinski definition) is 1. The fraction of sp³-hybridized carbons (Fsp3) is 0.333. The highest BCUT2D eigenvalue weighted by atomic mass is 32.2. The van der Waals surface area contributed by atoms with Crippen LogP contribution in [0.1, 0.15) is 36.6 Å². The van der Waals surface area contributed by atoms with Crippen molar-refractivity contribution in [2.45, 2.75) is 38.9 Å². The summed E-state index contributed by atoms with van der Waals surface area (Å²) in [5, 5.41) is 15.8. The molecule has 0 spiro atoms. The number of para-hydroxylation sites is 1. The zero-order chi connectivity index (χ0) is 20.1. The average molecular weight is 396 g/mol. The number of aryl methyl sites for hydroxylation is 2. The standard InChI is InChI=1S/C21H25N5OS/c1-14(2)19(17-11-6-5-7-12-17)22-18(27)13-28-21-23-24-25-26(21)20-15(3)9-8-10-16(20)4/h5-12,14,19H,13H2,1-4H3,(H,22,27). The van der Waals surface area contributed by atoms with E-state index in [2.05, 4.69) is 34.7 Å². The van der Waals surface area contributed by atoms with E-state index in [1.54, 1.807) is 4.68 Å². The summed E-state index contributed by atoms with van der Waals surface area (Å²) in [6.45, 7) is 8.26. The van der Waals surface area contributed by atoms with Gasteiger partial charge in [0.05, 0.1) is 17.5 Å². The Morgan fingerprint density at radius 3 is 2.39 bits per heavy atom. The number of tetrazole rings is 1. The number of rotatable bonds is 7. The van der Waals surface area contributed by atoms with Crippen LogP contribution in [0.3, 0.4) is 0 Å². The third-order valence-corrected chi connectivity index (χ3v) is 5.49. The molecule has 1 atom stereocenters. The molecule has 3 aromatic rings. The summed E-state index contributed by atoms with van der Waals surface area (Å²) >= 11 is 1.34. The van der Waals surface area contributed by atoms with E-state index in [4.69, 9.17) is 0 Å². The molecule has 1 unspecified atom stereocenters. The Labute approximate surface area is 169 Å². The number of hydrogen-bond acceptors (Lipinski definition) is 5. The minimum atomic E-state index is -0.0383. The molecule has 146 valence electrons. The van der Waals surface area contributed by atoms with E-state index in [-0.39, 0.29) is 23.6 Å². The van der Waals surface area contributed by atoms with Crippen LogP contribution in [-0.2, 0) is 4.79 Å². The highest BCUT2D eigenvalue weighted by Gasteiger charge is 2.19. The zero-order valence-corrected chi connectivity index (χ0v) is 17.4. The fourth-order valence-corrected chi connectivity index (χ4v) is 3.88. The van der Waals surface area contributed by atoms with Gasteiger partial charge >= 0.3 is 0 Å². The molecule has 0 radical (unpaired) electrons. The van der Waals surface area contributed by atoms with Gasteiger partial charge in [0.25, 0.3) is 0 Å². The predicted molar refractivity (Wildman–Crippen MR) is 112 cm³/mol. The molecular formula is C21H25N5OS. The number of thioether (sulfide) groups is 1. The maximum Gasteiger partial charge on any atom is 0.230 e. The van der Waals surface area contributed by atoms with Crippen molar-refractivity contribution in [1.82, 2.24) is 25.5 Å². The van der Waals surface area contributed by atoms with Gasteiger partial charge in [0.15, 0.2) is 0 Å². The molecule has 1 amide bonds. The van der Waals surface area contributed by atoms with Crippen molar-refractivity contribution in [3.8, 4) is 5.69 Å². The quantitative estimate of drug-likeness (QED) is 0.615. The molecule has 7 heteroatoms. The Balaban J connectivity index is 1.70. The third kappa shape index (κ3) is 4.59. The highest BCUT2D eigenvalue weighted by Crippen LogP contribution is 2.24. The fourth-order valence-electron chi connectivity index (χ4n) is 3.19. The molecule has 0 aliphatic carbocycles. The molecular weight excluding hydrogens is 370 g/mol. The molecule has 1 aromatic heterocycles. The van der Waals surface area contributed by atoms with E-state index in [0.29, 0.717) is 5.16 Å². The van der Waals surface area contributed by atoms with Crippen LogP contribution in [0.25, 0.3) is 5.69 Å². The summed E-state index contributed by atoms with van der Waals surface area (Å²) in [6.07, 6.45) is 0. The van der Waals surface area contributed by atoms with Gasteiger partial charge in [-0.05, 0) is 46.9 Å². The normalized spacial score (nSPS) is 12.2. The molecule has 0 bridgehead atoms. The molecule has 3 rings (SSSR count). The number of aromatic nitrogens is 4. The van der Waals surface area contributed by atoms with Crippen molar-refractivity contribution < 1.29 is 4.79 Å². The largest absolute Gasteiger partial charge is 0.348 e. The van der Waals surface area contributed by atoms with Gasteiger partial charge in [-0.25, -0.2) is 0 Å². The molecule has 0 fully saturated rings. The monoisotopic (exact) mass is 395 g/mol. The van der Waals surface area contributed by atoms with Crippen molar-refractivity contribution >= 4 is 17.7 Å². The summed E-state index contributed by atoms with van der Waals surface area (Å²) in [6, 6.07) is 16.1. The van der Waals surface area contributed by atoms with Gasteiger partial charge in [0.1, 0.15) is 0 Å². The minimum absolute atomic E-state index is 0.0242. The smallest absolute Gasteiger partial charge is 0.230 e. The van der Waals surface area contributed by atoms with Crippen LogP contribution >= 0.6 is 11.8 Å². The average Bonchev–Trinajstić information content (AvgIpc) is 3.13. The Bertz CT molecular complexity index is 919.